The molecule has 7 heteroatoms. The maximum atomic E-state index is 12.2. The molecule has 0 saturated heterocycles. The normalized spacial score (nSPS) is 13.0. The van der Waals surface area contributed by atoms with Gasteiger partial charge in [-0.2, -0.15) is 0 Å². The molecule has 0 bridgehead atoms. The summed E-state index contributed by atoms with van der Waals surface area (Å²) in [4.78, 5) is 23.7. The van der Waals surface area contributed by atoms with E-state index in [1.165, 1.54) is 40.4 Å². The monoisotopic (exact) mass is 297 g/mol. The van der Waals surface area contributed by atoms with Gasteiger partial charge >= 0.3 is 5.97 Å². The van der Waals surface area contributed by atoms with E-state index in [1.807, 2.05) is 0 Å². The number of carbonyl (C=O) groups is 2. The molecule has 0 aliphatic carbocycles. The van der Waals surface area contributed by atoms with Crippen molar-refractivity contribution in [3.8, 4) is 11.5 Å². The van der Waals surface area contributed by atoms with E-state index in [2.05, 4.69) is 10.1 Å². The van der Waals surface area contributed by atoms with E-state index >= 15 is 0 Å². The van der Waals surface area contributed by atoms with Crippen molar-refractivity contribution in [1.82, 2.24) is 5.32 Å². The van der Waals surface area contributed by atoms with Crippen molar-refractivity contribution in [2.24, 2.45) is 0 Å². The van der Waals surface area contributed by atoms with Crippen molar-refractivity contribution in [1.29, 1.82) is 0 Å². The number of aliphatic hydroxyl groups excluding tert-OH is 1. The second-order valence-corrected chi connectivity index (χ2v) is 4.32. The van der Waals surface area contributed by atoms with E-state index in [4.69, 9.17) is 9.47 Å². The van der Waals surface area contributed by atoms with Gasteiger partial charge in [0, 0.05) is 11.6 Å². The number of ether oxygens (including phenoxy) is 3. The molecule has 0 heterocycles. The quantitative estimate of drug-likeness (QED) is 0.736. The first kappa shape index (κ1) is 16.8. The number of esters is 1. The van der Waals surface area contributed by atoms with Gasteiger partial charge in [-0.1, -0.05) is 0 Å². The van der Waals surface area contributed by atoms with Crippen molar-refractivity contribution in [3.63, 3.8) is 0 Å². The van der Waals surface area contributed by atoms with Crippen LogP contribution in [0.5, 0.6) is 11.5 Å². The van der Waals surface area contributed by atoms with Crippen LogP contribution in [0.2, 0.25) is 0 Å². The van der Waals surface area contributed by atoms with Gasteiger partial charge in [0.15, 0.2) is 6.04 Å². The Morgan fingerprint density at radius 1 is 1.10 bits per heavy atom. The van der Waals surface area contributed by atoms with Crippen LogP contribution in [0.4, 0.5) is 0 Å². The number of methoxy groups -OCH3 is 3. The van der Waals surface area contributed by atoms with Gasteiger partial charge in [-0.3, -0.25) is 4.79 Å². The van der Waals surface area contributed by atoms with Crippen LogP contribution in [0.3, 0.4) is 0 Å². The van der Waals surface area contributed by atoms with Crippen molar-refractivity contribution in [2.75, 3.05) is 21.3 Å². The summed E-state index contributed by atoms with van der Waals surface area (Å²) in [5, 5.41) is 12.0. The van der Waals surface area contributed by atoms with E-state index in [0.717, 1.165) is 0 Å². The Kier molecular flexibility index (Phi) is 5.98. The fraction of sp³-hybridized carbons (Fsp3) is 0.429. The molecule has 0 saturated carbocycles. The summed E-state index contributed by atoms with van der Waals surface area (Å²) in [5.41, 5.74) is 0.237. The van der Waals surface area contributed by atoms with Crippen LogP contribution in [0, 0.1) is 0 Å². The third kappa shape index (κ3) is 4.35. The lowest BCUT2D eigenvalue weighted by Gasteiger charge is -2.19. The molecule has 116 valence electrons. The highest BCUT2D eigenvalue weighted by Crippen LogP contribution is 2.22. The summed E-state index contributed by atoms with van der Waals surface area (Å²) in [6, 6.07) is 3.45. The van der Waals surface area contributed by atoms with Gasteiger partial charge in [0.1, 0.15) is 11.5 Å². The standard InChI is InChI=1S/C14H19NO6/c1-8(16)12(14(18)21-4)15-13(17)9-5-10(19-2)7-11(6-9)20-3/h5-8,12,16H,1-4H3,(H,15,17)/t8-,12+/m1/s1. The number of nitrogens with one attached hydrogen (secondary N) is 1. The van der Waals surface area contributed by atoms with Crippen molar-refractivity contribution < 1.29 is 28.9 Å². The van der Waals surface area contributed by atoms with E-state index in [1.54, 1.807) is 6.07 Å². The molecular weight excluding hydrogens is 278 g/mol. The molecule has 1 aromatic rings. The predicted molar refractivity (Wildman–Crippen MR) is 74.5 cm³/mol. The smallest absolute Gasteiger partial charge is 0.331 e. The number of carbonyl (C=O) groups excluding carboxylic acids is 2. The van der Waals surface area contributed by atoms with Gasteiger partial charge in [-0.25, -0.2) is 4.79 Å². The molecule has 0 spiro atoms. The number of rotatable bonds is 6. The molecule has 0 unspecified atom stereocenters. The van der Waals surface area contributed by atoms with Crippen LogP contribution < -0.4 is 14.8 Å². The second-order valence-electron chi connectivity index (χ2n) is 4.32. The van der Waals surface area contributed by atoms with E-state index < -0.39 is 24.0 Å². The van der Waals surface area contributed by atoms with Crippen LogP contribution in [-0.2, 0) is 9.53 Å². The largest absolute Gasteiger partial charge is 0.497 e. The minimum Gasteiger partial charge on any atom is -0.497 e. The zero-order chi connectivity index (χ0) is 16.0. The van der Waals surface area contributed by atoms with Crippen LogP contribution >= 0.6 is 0 Å². The highest BCUT2D eigenvalue weighted by atomic mass is 16.5. The van der Waals surface area contributed by atoms with E-state index in [-0.39, 0.29) is 5.56 Å². The molecule has 1 amide bonds. The number of benzene rings is 1. The predicted octanol–water partition coefficient (Wildman–Crippen LogP) is 0.356. The Morgan fingerprint density at radius 2 is 1.62 bits per heavy atom. The summed E-state index contributed by atoms with van der Waals surface area (Å²) in [5.74, 6) is -0.408. The first-order valence-corrected chi connectivity index (χ1v) is 6.22. The lowest BCUT2D eigenvalue weighted by Crippen LogP contribution is -2.48. The molecule has 2 atom stereocenters. The molecule has 0 aliphatic rings. The second kappa shape index (κ2) is 7.49. The summed E-state index contributed by atoms with van der Waals surface area (Å²) in [6.45, 7) is 1.38. The Bertz CT molecular complexity index is 492. The molecule has 21 heavy (non-hydrogen) atoms. The summed E-state index contributed by atoms with van der Waals surface area (Å²) >= 11 is 0. The van der Waals surface area contributed by atoms with E-state index in [0.29, 0.717) is 11.5 Å². The Balaban J connectivity index is 2.99. The van der Waals surface area contributed by atoms with Crippen molar-refractivity contribution in [3.05, 3.63) is 23.8 Å². The SMILES string of the molecule is COC(=O)[C@@H](NC(=O)c1cc(OC)cc(OC)c1)[C@@H](C)O. The summed E-state index contributed by atoms with van der Waals surface area (Å²) in [7, 11) is 4.10. The van der Waals surface area contributed by atoms with Crippen LogP contribution in [0.15, 0.2) is 18.2 Å². The minimum absolute atomic E-state index is 0.237. The highest BCUT2D eigenvalue weighted by molar-refractivity contribution is 5.97. The van der Waals surface area contributed by atoms with Gasteiger partial charge in [0.05, 0.1) is 27.4 Å². The van der Waals surface area contributed by atoms with Gasteiger partial charge in [-0.15, -0.1) is 0 Å². The molecule has 7 nitrogen and oxygen atoms in total. The number of amides is 1. The topological polar surface area (TPSA) is 94.1 Å². The average Bonchev–Trinajstić information content (AvgIpc) is 2.50. The van der Waals surface area contributed by atoms with Gasteiger partial charge < -0.3 is 24.6 Å². The maximum Gasteiger partial charge on any atom is 0.331 e. The lowest BCUT2D eigenvalue weighted by atomic mass is 10.1. The third-order valence-electron chi connectivity index (χ3n) is 2.84. The molecule has 1 aromatic carbocycles. The molecule has 2 N–H and O–H groups in total. The zero-order valence-corrected chi connectivity index (χ0v) is 12.4. The van der Waals surface area contributed by atoms with Crippen LogP contribution in [0.25, 0.3) is 0 Å². The van der Waals surface area contributed by atoms with Gasteiger partial charge in [-0.05, 0) is 19.1 Å². The first-order valence-electron chi connectivity index (χ1n) is 6.22. The fourth-order valence-corrected chi connectivity index (χ4v) is 1.67. The van der Waals surface area contributed by atoms with Crippen molar-refractivity contribution in [2.45, 2.75) is 19.1 Å². The van der Waals surface area contributed by atoms with E-state index in [9.17, 15) is 14.7 Å². The molecule has 1 rings (SSSR count). The number of hydrogen-bond donors (Lipinski definition) is 2. The Labute approximate surface area is 122 Å². The Morgan fingerprint density at radius 3 is 2.00 bits per heavy atom. The van der Waals surface area contributed by atoms with Crippen molar-refractivity contribution >= 4 is 11.9 Å². The minimum atomic E-state index is -1.15. The fourth-order valence-electron chi connectivity index (χ4n) is 1.67. The zero-order valence-electron chi connectivity index (χ0n) is 12.4. The average molecular weight is 297 g/mol. The molecule has 0 fully saturated rings. The lowest BCUT2D eigenvalue weighted by molar-refractivity contribution is -0.145. The third-order valence-corrected chi connectivity index (χ3v) is 2.84. The Hall–Kier alpha value is -2.28. The maximum absolute atomic E-state index is 12.2. The summed E-state index contributed by atoms with van der Waals surface area (Å²) in [6.07, 6.45) is -1.09. The molecular formula is C14H19NO6. The molecule has 0 aliphatic heterocycles. The molecule has 0 radical (unpaired) electrons. The number of hydrogen-bond acceptors (Lipinski definition) is 6. The molecule has 0 aromatic heterocycles. The highest BCUT2D eigenvalue weighted by Gasteiger charge is 2.27. The number of aliphatic hydroxyl groups is 1. The van der Waals surface area contributed by atoms with Gasteiger partial charge in [0.25, 0.3) is 5.91 Å². The van der Waals surface area contributed by atoms with Gasteiger partial charge in [0.2, 0.25) is 0 Å². The van der Waals surface area contributed by atoms with Crippen LogP contribution in [-0.4, -0.2) is 50.5 Å². The summed E-state index contributed by atoms with van der Waals surface area (Å²) < 4.78 is 14.7. The van der Waals surface area contributed by atoms with Crippen LogP contribution in [0.1, 0.15) is 17.3 Å². The first-order chi connectivity index (χ1) is 9.92.